The van der Waals surface area contributed by atoms with Crippen molar-refractivity contribution in [2.24, 2.45) is 22.7 Å². The lowest BCUT2D eigenvalue weighted by atomic mass is 9.44. The second kappa shape index (κ2) is 25.8. The van der Waals surface area contributed by atoms with Crippen LogP contribution < -0.4 is 10.6 Å². The number of nitrogens with one attached hydrogen (secondary N) is 2. The maximum absolute atomic E-state index is 16.3. The van der Waals surface area contributed by atoms with Gasteiger partial charge in [0.15, 0.2) is 29.4 Å². The first-order chi connectivity index (χ1) is 38.3. The standard InChI is InChI=1S/C60H72N2O17S2/c1-10-33(2)48(67)41(61-35(4)63)31-81-80-28-20-27-45(66)77-43-29-44-59(32-74-44,79-37(6)65)51-53(78-55(71)40-25-18-13-19-26-40)60(73)30-42(34(3)46(57(60,7)8)50(75-36(5)64)52(69)58(43,51)9)76-56(72)49(68)47(38-21-14-11-15-22-38)62-54(70)39-23-16-12-17-24-39/h11-19,21-26,33,41-44,47,49-51,53,68,73H,10,20,27-32H2,1-9H3,(H,61,63)(H,62,70)/t33?,41-,42+,43+,44-,47+,49-,50-,51+,53+,58-,59+,60-/m1/s1. The average Bonchev–Trinajstić information content (AvgIpc) is 3.62. The van der Waals surface area contributed by atoms with Gasteiger partial charge in [-0.1, -0.05) is 116 Å². The number of rotatable bonds is 22. The van der Waals surface area contributed by atoms with Gasteiger partial charge in [0.25, 0.3) is 5.91 Å². The lowest BCUT2D eigenvalue weighted by Gasteiger charge is -2.67. The van der Waals surface area contributed by atoms with Crippen molar-refractivity contribution >= 4 is 74.8 Å². The largest absolute Gasteiger partial charge is 0.461 e. The van der Waals surface area contributed by atoms with Gasteiger partial charge in [-0.3, -0.25) is 33.6 Å². The van der Waals surface area contributed by atoms with E-state index in [1.165, 1.54) is 54.5 Å². The molecule has 81 heavy (non-hydrogen) atoms. The molecule has 4 N–H and O–H groups in total. The molecule has 3 aromatic carbocycles. The summed E-state index contributed by atoms with van der Waals surface area (Å²) in [6.07, 6.45) is -10.3. The Kier molecular flexibility index (Phi) is 19.8. The van der Waals surface area contributed by atoms with Crippen molar-refractivity contribution < 1.29 is 81.8 Å². The van der Waals surface area contributed by atoms with Crippen LogP contribution in [0.2, 0.25) is 0 Å². The summed E-state index contributed by atoms with van der Waals surface area (Å²) >= 11 is 0. The van der Waals surface area contributed by atoms with E-state index in [1.807, 2.05) is 6.92 Å². The van der Waals surface area contributed by atoms with Crippen molar-refractivity contribution in [1.29, 1.82) is 0 Å². The molecule has 3 aliphatic carbocycles. The fourth-order valence-electron chi connectivity index (χ4n) is 12.0. The third-order valence-corrected chi connectivity index (χ3v) is 19.0. The molecule has 13 atom stereocenters. The second-order valence-electron chi connectivity index (χ2n) is 22.0. The predicted molar refractivity (Wildman–Crippen MR) is 298 cm³/mol. The minimum atomic E-state index is -2.50. The summed E-state index contributed by atoms with van der Waals surface area (Å²) < 4.78 is 37.6. The number of hydrogen-bond donors (Lipinski definition) is 4. The fourth-order valence-corrected chi connectivity index (χ4v) is 14.2. The lowest BCUT2D eigenvalue weighted by Crippen LogP contribution is -2.82. The molecule has 436 valence electrons. The molecule has 2 saturated carbocycles. The summed E-state index contributed by atoms with van der Waals surface area (Å²) in [7, 11) is 2.75. The Morgan fingerprint density at radius 3 is 1.99 bits per heavy atom. The molecule has 2 bridgehead atoms. The molecule has 3 aromatic rings. The predicted octanol–water partition coefficient (Wildman–Crippen LogP) is 6.57. The van der Waals surface area contributed by atoms with Crippen molar-refractivity contribution in [1.82, 2.24) is 10.6 Å². The van der Waals surface area contributed by atoms with Crippen LogP contribution in [0.15, 0.2) is 102 Å². The van der Waals surface area contributed by atoms with Gasteiger partial charge in [0.1, 0.15) is 30.0 Å². The van der Waals surface area contributed by atoms with Crippen LogP contribution in [-0.2, 0) is 62.0 Å². The maximum Gasteiger partial charge on any atom is 0.338 e. The molecule has 3 fully saturated rings. The van der Waals surface area contributed by atoms with Gasteiger partial charge in [0.2, 0.25) is 5.91 Å². The van der Waals surface area contributed by atoms with Crippen LogP contribution in [0, 0.1) is 22.7 Å². The Balaban J connectivity index is 1.30. The molecule has 19 nitrogen and oxygen atoms in total. The molecule has 0 radical (unpaired) electrons. The van der Waals surface area contributed by atoms with Gasteiger partial charge < -0.3 is 49.3 Å². The number of carbonyl (C=O) groups excluding carboxylic acids is 9. The molecular weight excluding hydrogens is 1080 g/mol. The van der Waals surface area contributed by atoms with Crippen molar-refractivity contribution in [3.8, 4) is 0 Å². The maximum atomic E-state index is 16.3. The molecule has 1 unspecified atom stereocenters. The van der Waals surface area contributed by atoms with E-state index < -0.39 is 125 Å². The highest BCUT2D eigenvalue weighted by Crippen LogP contribution is 2.65. The number of aliphatic hydroxyl groups is 2. The first-order valence-electron chi connectivity index (χ1n) is 27.1. The van der Waals surface area contributed by atoms with E-state index >= 15 is 4.79 Å². The molecule has 1 aliphatic heterocycles. The number of ether oxygens (including phenoxy) is 6. The first kappa shape index (κ1) is 62.2. The zero-order chi connectivity index (χ0) is 59.2. The number of amides is 2. The third kappa shape index (κ3) is 12.8. The number of hydrogen-bond acceptors (Lipinski definition) is 19. The number of esters is 5. The highest BCUT2D eigenvalue weighted by Gasteiger charge is 2.79. The van der Waals surface area contributed by atoms with Crippen molar-refractivity contribution in [2.75, 3.05) is 18.1 Å². The molecule has 0 spiro atoms. The SMILES string of the molecule is CCC(C)C(=O)[C@@H](CSSCCCC(=O)O[C@H]1C[C@H]2OC[C@@]2(OC(C)=O)[C@H]2[C@H](OC(=O)c3ccccc3)[C@]3(O)C[C@H](OC(=O)[C@H](O)[C@@H](NC(=O)c4ccccc4)c4ccccc4)C(C)=C([C@@H](OC(C)=O)C(=O)[C@]12C)C3(C)C)NC(C)=O. The highest BCUT2D eigenvalue weighted by atomic mass is 33.1. The van der Waals surface area contributed by atoms with Gasteiger partial charge in [0, 0.05) is 68.4 Å². The van der Waals surface area contributed by atoms with Crippen molar-refractivity contribution in [3.63, 3.8) is 0 Å². The normalized spacial score (nSPS) is 27.8. The quantitative estimate of drug-likeness (QED) is 0.0272. The molecule has 21 heteroatoms. The first-order valence-corrected chi connectivity index (χ1v) is 29.6. The summed E-state index contributed by atoms with van der Waals surface area (Å²) in [5, 5.41) is 31.6. The van der Waals surface area contributed by atoms with Crippen LogP contribution in [0.3, 0.4) is 0 Å². The van der Waals surface area contributed by atoms with Crippen LogP contribution in [0.5, 0.6) is 0 Å². The van der Waals surface area contributed by atoms with Crippen LogP contribution >= 0.6 is 21.6 Å². The summed E-state index contributed by atoms with van der Waals surface area (Å²) in [5.74, 6) is -7.93. The van der Waals surface area contributed by atoms with Gasteiger partial charge in [-0.25, -0.2) is 9.59 Å². The Morgan fingerprint density at radius 2 is 1.42 bits per heavy atom. The smallest absolute Gasteiger partial charge is 0.338 e. The molecule has 0 aromatic heterocycles. The highest BCUT2D eigenvalue weighted by molar-refractivity contribution is 8.76. The summed E-state index contributed by atoms with van der Waals surface area (Å²) in [4.78, 5) is 125. The number of benzene rings is 3. The summed E-state index contributed by atoms with van der Waals surface area (Å²) in [6.45, 7) is 12.9. The monoisotopic (exact) mass is 1160 g/mol. The zero-order valence-corrected chi connectivity index (χ0v) is 48.6. The van der Waals surface area contributed by atoms with E-state index in [1.54, 1.807) is 99.6 Å². The van der Waals surface area contributed by atoms with Crippen molar-refractivity contribution in [2.45, 2.75) is 154 Å². The summed E-state index contributed by atoms with van der Waals surface area (Å²) in [6, 6.07) is 22.0. The van der Waals surface area contributed by atoms with E-state index in [0.29, 0.717) is 23.5 Å². The van der Waals surface area contributed by atoms with Crippen LogP contribution in [0.4, 0.5) is 0 Å². The van der Waals surface area contributed by atoms with Gasteiger partial charge >= 0.3 is 29.8 Å². The Bertz CT molecular complexity index is 2890. The van der Waals surface area contributed by atoms with E-state index in [9.17, 15) is 48.6 Å². The average molecular weight is 1160 g/mol. The Hall–Kier alpha value is -6.39. The van der Waals surface area contributed by atoms with E-state index in [-0.39, 0.29) is 65.8 Å². The number of Topliss-reactive ketones (excluding diaryl/α,β-unsaturated/α-hetero) is 2. The molecule has 4 aliphatic rings. The van der Waals surface area contributed by atoms with Gasteiger partial charge in [-0.15, -0.1) is 0 Å². The molecule has 7 rings (SSSR count). The molecule has 1 saturated heterocycles. The van der Waals surface area contributed by atoms with Crippen LogP contribution in [-0.4, -0.2) is 135 Å². The van der Waals surface area contributed by atoms with Crippen molar-refractivity contribution in [3.05, 3.63) is 119 Å². The Morgan fingerprint density at radius 1 is 0.802 bits per heavy atom. The minimum Gasteiger partial charge on any atom is -0.461 e. The van der Waals surface area contributed by atoms with E-state index in [4.69, 9.17) is 28.4 Å². The molecular formula is C60H72N2O17S2. The number of aliphatic hydroxyl groups excluding tert-OH is 1. The van der Waals surface area contributed by atoms with Crippen LogP contribution in [0.25, 0.3) is 0 Å². The van der Waals surface area contributed by atoms with E-state index in [0.717, 1.165) is 13.8 Å². The van der Waals surface area contributed by atoms with Gasteiger partial charge in [-0.2, -0.15) is 0 Å². The topological polar surface area (TPSA) is 274 Å². The Labute approximate surface area is 479 Å². The van der Waals surface area contributed by atoms with E-state index in [2.05, 4.69) is 10.6 Å². The summed E-state index contributed by atoms with van der Waals surface area (Å²) in [5.41, 5.74) is -7.66. The fraction of sp³-hybridized carbons (Fsp3) is 0.517. The zero-order valence-electron chi connectivity index (χ0n) is 46.9. The number of fused-ring (bicyclic) bond motifs is 5. The lowest BCUT2D eigenvalue weighted by molar-refractivity contribution is -0.346. The van der Waals surface area contributed by atoms with Gasteiger partial charge in [-0.05, 0) is 67.7 Å². The number of carbonyl (C=O) groups is 9. The third-order valence-electron chi connectivity index (χ3n) is 16.5. The molecule has 1 heterocycles. The second-order valence-corrected chi connectivity index (χ2v) is 24.6. The van der Waals surface area contributed by atoms with Gasteiger partial charge in [0.05, 0.1) is 35.6 Å². The van der Waals surface area contributed by atoms with Crippen LogP contribution in [0.1, 0.15) is 127 Å². The number of ketones is 2. The minimum absolute atomic E-state index is 0.0238. The molecule has 2 amide bonds.